The molecule has 0 aliphatic heterocycles. The number of hydrogen-bond acceptors (Lipinski definition) is 5. The van der Waals surface area contributed by atoms with E-state index in [-0.39, 0.29) is 12.5 Å². The molecular weight excluding hydrogens is 428 g/mol. The number of amides is 1. The third-order valence-electron chi connectivity index (χ3n) is 7.05. The number of ether oxygens (including phenoxy) is 1. The molecule has 1 aromatic carbocycles. The summed E-state index contributed by atoms with van der Waals surface area (Å²) in [6.45, 7) is 5.99. The lowest BCUT2D eigenvalue weighted by molar-refractivity contribution is 0.102. The molecule has 34 heavy (non-hydrogen) atoms. The number of pyridine rings is 1. The Kier molecular flexibility index (Phi) is 7.22. The van der Waals surface area contributed by atoms with Gasteiger partial charge in [0.1, 0.15) is 11.4 Å². The Hall–Kier alpha value is -2.93. The summed E-state index contributed by atoms with van der Waals surface area (Å²) < 4.78 is 7.66. The van der Waals surface area contributed by atoms with Crippen molar-refractivity contribution in [3.05, 3.63) is 47.9 Å². The highest BCUT2D eigenvalue weighted by atomic mass is 16.5. The zero-order chi connectivity index (χ0) is 24.3. The van der Waals surface area contributed by atoms with Crippen molar-refractivity contribution in [2.24, 2.45) is 5.92 Å². The summed E-state index contributed by atoms with van der Waals surface area (Å²) in [6.07, 6.45) is 9.50. The average molecular weight is 465 g/mol. The topological polar surface area (TPSA) is 89.3 Å². The summed E-state index contributed by atoms with van der Waals surface area (Å²) in [7, 11) is 1.59. The van der Waals surface area contributed by atoms with Crippen LogP contribution in [0.15, 0.2) is 36.5 Å². The highest BCUT2D eigenvalue weighted by Crippen LogP contribution is 2.36. The number of methoxy groups -OCH3 is 1. The van der Waals surface area contributed by atoms with E-state index in [1.165, 1.54) is 25.7 Å². The molecule has 2 N–H and O–H groups in total. The van der Waals surface area contributed by atoms with Gasteiger partial charge in [0.25, 0.3) is 5.91 Å². The zero-order valence-corrected chi connectivity index (χ0v) is 20.7. The fraction of sp³-hybridized carbons (Fsp3) is 0.519. The Balaban J connectivity index is 1.55. The molecule has 1 amide bonds. The molecule has 2 aromatic heterocycles. The van der Waals surface area contributed by atoms with Crippen molar-refractivity contribution in [1.29, 1.82) is 0 Å². The van der Waals surface area contributed by atoms with Crippen LogP contribution in [0.5, 0.6) is 5.75 Å². The number of nitrogens with one attached hydrogen (secondary N) is 1. The highest BCUT2D eigenvalue weighted by Gasteiger charge is 2.24. The Morgan fingerprint density at radius 2 is 2.00 bits per heavy atom. The van der Waals surface area contributed by atoms with Crippen LogP contribution in [0.4, 0.5) is 5.69 Å². The quantitative estimate of drug-likeness (QED) is 0.460. The minimum Gasteiger partial charge on any atom is -0.494 e. The van der Waals surface area contributed by atoms with Crippen molar-refractivity contribution in [2.75, 3.05) is 19.0 Å². The maximum Gasteiger partial charge on any atom is 0.274 e. The molecule has 1 aliphatic carbocycles. The number of carbonyl (C=O) groups is 1. The van der Waals surface area contributed by atoms with Crippen LogP contribution in [0.1, 0.15) is 81.5 Å². The predicted molar refractivity (Wildman–Crippen MR) is 134 cm³/mol. The van der Waals surface area contributed by atoms with E-state index in [1.807, 2.05) is 32.0 Å². The minimum absolute atomic E-state index is 0.0557. The van der Waals surface area contributed by atoms with E-state index in [1.54, 1.807) is 19.2 Å². The third-order valence-corrected chi connectivity index (χ3v) is 7.05. The van der Waals surface area contributed by atoms with Gasteiger partial charge < -0.3 is 15.2 Å². The standard InChI is InChI=1S/C27H36N4O3/c1-5-7-18-10-12-20(13-11-18)31-16-19-14-23(24(34-4)15-22(19)30-31)29-26(33)21-8-6-9-25(28-21)27(2,3)17-32/h6,8-9,14-16,18,20,32H,5,7,10-13,17H2,1-4H3,(H,29,33). The van der Waals surface area contributed by atoms with Crippen LogP contribution in [0.25, 0.3) is 10.9 Å². The number of rotatable bonds is 8. The van der Waals surface area contributed by atoms with Crippen molar-refractivity contribution < 1.29 is 14.6 Å². The van der Waals surface area contributed by atoms with Crippen LogP contribution >= 0.6 is 0 Å². The Morgan fingerprint density at radius 1 is 1.24 bits per heavy atom. The van der Waals surface area contributed by atoms with Crippen LogP contribution in [0, 0.1) is 5.92 Å². The normalized spacial score (nSPS) is 18.7. The van der Waals surface area contributed by atoms with Crippen LogP contribution in [0.2, 0.25) is 0 Å². The summed E-state index contributed by atoms with van der Waals surface area (Å²) >= 11 is 0. The number of carbonyl (C=O) groups excluding carboxylic acids is 1. The molecule has 7 nitrogen and oxygen atoms in total. The van der Waals surface area contributed by atoms with Crippen LogP contribution in [0.3, 0.4) is 0 Å². The molecule has 0 radical (unpaired) electrons. The minimum atomic E-state index is -0.531. The SMILES string of the molecule is CCCC1CCC(n2cc3cc(NC(=O)c4cccc(C(C)(C)CO)n4)c(OC)cc3n2)CC1. The summed E-state index contributed by atoms with van der Waals surface area (Å²) in [5.41, 5.74) is 1.87. The fourth-order valence-electron chi connectivity index (χ4n) is 4.84. The lowest BCUT2D eigenvalue weighted by Crippen LogP contribution is -2.25. The van der Waals surface area contributed by atoms with Crippen molar-refractivity contribution in [1.82, 2.24) is 14.8 Å². The number of aromatic nitrogens is 3. The number of aliphatic hydroxyl groups is 1. The molecule has 2 heterocycles. The smallest absolute Gasteiger partial charge is 0.274 e. The van der Waals surface area contributed by atoms with Gasteiger partial charge in [-0.2, -0.15) is 5.10 Å². The van der Waals surface area contributed by atoms with E-state index in [2.05, 4.69) is 28.1 Å². The Morgan fingerprint density at radius 3 is 2.68 bits per heavy atom. The molecule has 7 heteroatoms. The van der Waals surface area contributed by atoms with Gasteiger partial charge in [-0.05, 0) is 49.8 Å². The van der Waals surface area contributed by atoms with E-state index >= 15 is 0 Å². The van der Waals surface area contributed by atoms with Crippen LogP contribution < -0.4 is 10.1 Å². The maximum absolute atomic E-state index is 13.0. The van der Waals surface area contributed by atoms with Crippen molar-refractivity contribution in [3.63, 3.8) is 0 Å². The van der Waals surface area contributed by atoms with E-state index < -0.39 is 5.41 Å². The number of fused-ring (bicyclic) bond motifs is 1. The molecule has 3 aromatic rings. The molecule has 4 rings (SSSR count). The van der Waals surface area contributed by atoms with Gasteiger partial charge in [-0.1, -0.05) is 39.7 Å². The molecule has 182 valence electrons. The summed E-state index contributed by atoms with van der Waals surface area (Å²) in [5, 5.41) is 18.4. The van der Waals surface area contributed by atoms with Crippen molar-refractivity contribution in [2.45, 2.75) is 70.8 Å². The molecule has 0 spiro atoms. The molecule has 0 unspecified atom stereocenters. The first-order valence-electron chi connectivity index (χ1n) is 12.3. The first-order chi connectivity index (χ1) is 16.3. The second-order valence-corrected chi connectivity index (χ2v) is 10.1. The molecular formula is C27H36N4O3. The molecule has 1 aliphatic rings. The molecule has 1 saturated carbocycles. The predicted octanol–water partition coefficient (Wildman–Crippen LogP) is 5.49. The fourth-order valence-corrected chi connectivity index (χ4v) is 4.84. The first-order valence-corrected chi connectivity index (χ1v) is 12.3. The zero-order valence-electron chi connectivity index (χ0n) is 20.7. The van der Waals surface area contributed by atoms with E-state index in [0.717, 1.165) is 29.7 Å². The van der Waals surface area contributed by atoms with Gasteiger partial charge in [-0.25, -0.2) is 4.98 Å². The number of nitrogens with zero attached hydrogens (tertiary/aromatic N) is 3. The highest BCUT2D eigenvalue weighted by molar-refractivity contribution is 6.05. The Bertz CT molecular complexity index is 1150. The van der Waals surface area contributed by atoms with Gasteiger partial charge in [0, 0.05) is 28.8 Å². The largest absolute Gasteiger partial charge is 0.494 e. The van der Waals surface area contributed by atoms with Crippen LogP contribution in [-0.4, -0.2) is 39.5 Å². The average Bonchev–Trinajstić information content (AvgIpc) is 3.27. The number of benzene rings is 1. The molecule has 0 bridgehead atoms. The van der Waals surface area contributed by atoms with Gasteiger partial charge in [0.2, 0.25) is 0 Å². The number of aliphatic hydroxyl groups excluding tert-OH is 1. The van der Waals surface area contributed by atoms with Gasteiger partial charge in [-0.3, -0.25) is 9.48 Å². The van der Waals surface area contributed by atoms with Crippen LogP contribution in [-0.2, 0) is 5.41 Å². The second-order valence-electron chi connectivity index (χ2n) is 10.1. The molecule has 1 fully saturated rings. The van der Waals surface area contributed by atoms with E-state index in [9.17, 15) is 9.90 Å². The summed E-state index contributed by atoms with van der Waals surface area (Å²) in [5.74, 6) is 1.09. The second kappa shape index (κ2) is 10.1. The third kappa shape index (κ3) is 5.09. The van der Waals surface area contributed by atoms with Gasteiger partial charge >= 0.3 is 0 Å². The van der Waals surface area contributed by atoms with Crippen molar-refractivity contribution >= 4 is 22.5 Å². The van der Waals surface area contributed by atoms with Gasteiger partial charge in [-0.15, -0.1) is 0 Å². The number of hydrogen-bond donors (Lipinski definition) is 2. The monoisotopic (exact) mass is 464 g/mol. The lowest BCUT2D eigenvalue weighted by atomic mass is 9.83. The first kappa shape index (κ1) is 24.2. The summed E-state index contributed by atoms with van der Waals surface area (Å²) in [4.78, 5) is 17.5. The van der Waals surface area contributed by atoms with Gasteiger partial charge in [0.15, 0.2) is 0 Å². The van der Waals surface area contributed by atoms with Crippen molar-refractivity contribution in [3.8, 4) is 5.75 Å². The maximum atomic E-state index is 13.0. The van der Waals surface area contributed by atoms with Gasteiger partial charge in [0.05, 0.1) is 31.0 Å². The lowest BCUT2D eigenvalue weighted by Gasteiger charge is -2.28. The Labute approximate surface area is 201 Å². The molecule has 0 atom stereocenters. The van der Waals surface area contributed by atoms with E-state index in [0.29, 0.717) is 28.9 Å². The number of anilines is 1. The van der Waals surface area contributed by atoms with E-state index in [4.69, 9.17) is 9.84 Å². The molecule has 0 saturated heterocycles. The summed E-state index contributed by atoms with van der Waals surface area (Å²) in [6, 6.07) is 9.50.